The molecule has 0 heterocycles. The standard InChI is InChI=1S/C13H7F3N2/c14-9-1-3-10(4-2-9)18-13-11(15)5-8(7-17)6-12(13)16/h1-6,18H. The fourth-order valence-corrected chi connectivity index (χ4v) is 1.43. The van der Waals surface area contributed by atoms with Gasteiger partial charge in [-0.2, -0.15) is 5.26 Å². The van der Waals surface area contributed by atoms with E-state index in [4.69, 9.17) is 5.26 Å². The predicted octanol–water partition coefficient (Wildman–Crippen LogP) is 3.72. The van der Waals surface area contributed by atoms with Gasteiger partial charge in [-0.1, -0.05) is 0 Å². The summed E-state index contributed by atoms with van der Waals surface area (Å²) in [5.74, 6) is -2.20. The lowest BCUT2D eigenvalue weighted by Crippen LogP contribution is -1.98. The molecule has 5 heteroatoms. The third-order valence-corrected chi connectivity index (χ3v) is 2.28. The number of benzene rings is 2. The van der Waals surface area contributed by atoms with Gasteiger partial charge in [0.15, 0.2) is 11.6 Å². The van der Waals surface area contributed by atoms with Crippen molar-refractivity contribution in [2.75, 3.05) is 5.32 Å². The summed E-state index contributed by atoms with van der Waals surface area (Å²) in [5.41, 5.74) is -0.130. The maximum Gasteiger partial charge on any atom is 0.150 e. The van der Waals surface area contributed by atoms with Crippen LogP contribution in [-0.2, 0) is 0 Å². The number of hydrogen-bond donors (Lipinski definition) is 1. The second-order valence-corrected chi connectivity index (χ2v) is 3.56. The molecule has 0 bridgehead atoms. The second kappa shape index (κ2) is 4.80. The first-order chi connectivity index (χ1) is 8.60. The Labute approximate surface area is 101 Å². The summed E-state index contributed by atoms with van der Waals surface area (Å²) in [6, 6.07) is 8.54. The van der Waals surface area contributed by atoms with Crippen molar-refractivity contribution in [1.82, 2.24) is 0 Å². The lowest BCUT2D eigenvalue weighted by Gasteiger charge is -2.09. The number of anilines is 2. The third kappa shape index (κ3) is 2.43. The summed E-state index contributed by atoms with van der Waals surface area (Å²) in [7, 11) is 0. The largest absolute Gasteiger partial charge is 0.351 e. The topological polar surface area (TPSA) is 35.8 Å². The van der Waals surface area contributed by atoms with Gasteiger partial charge in [0.05, 0.1) is 11.6 Å². The van der Waals surface area contributed by atoms with E-state index in [-0.39, 0.29) is 11.3 Å². The summed E-state index contributed by atoms with van der Waals surface area (Å²) in [4.78, 5) is 0. The number of nitriles is 1. The average molecular weight is 248 g/mol. The van der Waals surface area contributed by atoms with Gasteiger partial charge in [-0.3, -0.25) is 0 Å². The van der Waals surface area contributed by atoms with E-state index in [0.717, 1.165) is 12.1 Å². The van der Waals surface area contributed by atoms with Gasteiger partial charge < -0.3 is 5.32 Å². The molecule has 2 rings (SSSR count). The summed E-state index contributed by atoms with van der Waals surface area (Å²) in [6.07, 6.45) is 0. The van der Waals surface area contributed by atoms with Crippen LogP contribution in [0.2, 0.25) is 0 Å². The molecule has 18 heavy (non-hydrogen) atoms. The molecule has 0 aliphatic rings. The molecule has 0 aromatic heterocycles. The maximum atomic E-state index is 13.5. The van der Waals surface area contributed by atoms with Crippen LogP contribution in [0, 0.1) is 28.8 Å². The van der Waals surface area contributed by atoms with Crippen molar-refractivity contribution in [3.05, 3.63) is 59.4 Å². The van der Waals surface area contributed by atoms with E-state index >= 15 is 0 Å². The third-order valence-electron chi connectivity index (χ3n) is 2.28. The molecule has 0 radical (unpaired) electrons. The summed E-state index contributed by atoms with van der Waals surface area (Å²) in [6.45, 7) is 0. The molecular formula is C13H7F3N2. The second-order valence-electron chi connectivity index (χ2n) is 3.56. The molecule has 0 aliphatic heterocycles. The molecule has 0 atom stereocenters. The van der Waals surface area contributed by atoms with Gasteiger partial charge in [0.2, 0.25) is 0 Å². The molecule has 90 valence electrons. The zero-order valence-electron chi connectivity index (χ0n) is 9.05. The first kappa shape index (κ1) is 12.0. The molecule has 0 spiro atoms. The smallest absolute Gasteiger partial charge is 0.150 e. The van der Waals surface area contributed by atoms with Gasteiger partial charge in [-0.25, -0.2) is 13.2 Å². The van der Waals surface area contributed by atoms with Crippen LogP contribution < -0.4 is 5.32 Å². The number of nitrogens with one attached hydrogen (secondary N) is 1. The fraction of sp³-hybridized carbons (Fsp3) is 0. The highest BCUT2D eigenvalue weighted by molar-refractivity contribution is 5.61. The van der Waals surface area contributed by atoms with Crippen molar-refractivity contribution in [2.24, 2.45) is 0 Å². The van der Waals surface area contributed by atoms with E-state index in [9.17, 15) is 13.2 Å². The van der Waals surface area contributed by atoms with E-state index in [1.807, 2.05) is 0 Å². The Morgan fingerprint density at radius 3 is 2.00 bits per heavy atom. The van der Waals surface area contributed by atoms with Gasteiger partial charge in [0.1, 0.15) is 11.5 Å². The van der Waals surface area contributed by atoms with E-state index in [2.05, 4.69) is 5.32 Å². The molecule has 0 saturated heterocycles. The SMILES string of the molecule is N#Cc1cc(F)c(Nc2ccc(F)cc2)c(F)c1. The minimum absolute atomic E-state index is 0.102. The van der Waals surface area contributed by atoms with E-state index in [1.165, 1.54) is 24.3 Å². The number of nitrogens with zero attached hydrogens (tertiary/aromatic N) is 1. The Morgan fingerprint density at radius 2 is 1.50 bits per heavy atom. The minimum atomic E-state index is -0.879. The maximum absolute atomic E-state index is 13.5. The van der Waals surface area contributed by atoms with Crippen LogP contribution in [0.3, 0.4) is 0 Å². The van der Waals surface area contributed by atoms with Gasteiger partial charge >= 0.3 is 0 Å². The van der Waals surface area contributed by atoms with E-state index < -0.39 is 17.5 Å². The van der Waals surface area contributed by atoms with Gasteiger partial charge in [-0.05, 0) is 36.4 Å². The predicted molar refractivity (Wildman–Crippen MR) is 60.8 cm³/mol. The molecule has 1 N–H and O–H groups in total. The Hall–Kier alpha value is -2.48. The van der Waals surface area contributed by atoms with Gasteiger partial charge in [-0.15, -0.1) is 0 Å². The number of hydrogen-bond acceptors (Lipinski definition) is 2. The molecule has 0 fully saturated rings. The molecule has 0 unspecified atom stereocenters. The normalized spacial score (nSPS) is 9.89. The van der Waals surface area contributed by atoms with Crippen LogP contribution in [0.4, 0.5) is 24.5 Å². The molecule has 2 aromatic rings. The van der Waals surface area contributed by atoms with Crippen LogP contribution in [0.15, 0.2) is 36.4 Å². The van der Waals surface area contributed by atoms with Gasteiger partial charge in [0.25, 0.3) is 0 Å². The summed E-state index contributed by atoms with van der Waals surface area (Å²) < 4.78 is 39.7. The van der Waals surface area contributed by atoms with Crippen LogP contribution in [-0.4, -0.2) is 0 Å². The Bertz CT molecular complexity index is 592. The van der Waals surface area contributed by atoms with Crippen molar-refractivity contribution in [2.45, 2.75) is 0 Å². The quantitative estimate of drug-likeness (QED) is 0.879. The Morgan fingerprint density at radius 1 is 0.944 bits per heavy atom. The number of rotatable bonds is 2. The molecular weight excluding hydrogens is 241 g/mol. The van der Waals surface area contributed by atoms with Crippen molar-refractivity contribution < 1.29 is 13.2 Å². The summed E-state index contributed by atoms with van der Waals surface area (Å²) >= 11 is 0. The average Bonchev–Trinajstić information content (AvgIpc) is 2.35. The number of halogens is 3. The monoisotopic (exact) mass is 248 g/mol. The first-order valence-corrected chi connectivity index (χ1v) is 5.02. The first-order valence-electron chi connectivity index (χ1n) is 5.02. The zero-order valence-corrected chi connectivity index (χ0v) is 9.05. The van der Waals surface area contributed by atoms with Crippen molar-refractivity contribution in [3.8, 4) is 6.07 Å². The van der Waals surface area contributed by atoms with Gasteiger partial charge in [0, 0.05) is 5.69 Å². The van der Waals surface area contributed by atoms with Crippen LogP contribution in [0.1, 0.15) is 5.56 Å². The highest BCUT2D eigenvalue weighted by Crippen LogP contribution is 2.24. The van der Waals surface area contributed by atoms with E-state index in [1.54, 1.807) is 6.07 Å². The molecule has 2 aromatic carbocycles. The minimum Gasteiger partial charge on any atom is -0.351 e. The Balaban J connectivity index is 2.35. The van der Waals surface area contributed by atoms with E-state index in [0.29, 0.717) is 5.69 Å². The highest BCUT2D eigenvalue weighted by atomic mass is 19.1. The summed E-state index contributed by atoms with van der Waals surface area (Å²) in [5, 5.41) is 11.0. The lowest BCUT2D eigenvalue weighted by molar-refractivity contribution is 0.590. The molecule has 0 aliphatic carbocycles. The Kier molecular flexibility index (Phi) is 3.20. The molecule has 0 amide bonds. The molecule has 2 nitrogen and oxygen atoms in total. The van der Waals surface area contributed by atoms with Crippen molar-refractivity contribution in [3.63, 3.8) is 0 Å². The van der Waals surface area contributed by atoms with Crippen molar-refractivity contribution >= 4 is 11.4 Å². The van der Waals surface area contributed by atoms with Crippen LogP contribution in [0.25, 0.3) is 0 Å². The van der Waals surface area contributed by atoms with Crippen molar-refractivity contribution in [1.29, 1.82) is 5.26 Å². The van der Waals surface area contributed by atoms with Crippen LogP contribution in [0.5, 0.6) is 0 Å². The fourth-order valence-electron chi connectivity index (χ4n) is 1.43. The molecule has 0 saturated carbocycles. The lowest BCUT2D eigenvalue weighted by atomic mass is 10.2. The highest BCUT2D eigenvalue weighted by Gasteiger charge is 2.11. The van der Waals surface area contributed by atoms with Crippen LogP contribution >= 0.6 is 0 Å². The zero-order chi connectivity index (χ0) is 13.1.